The molecule has 0 bridgehead atoms. The van der Waals surface area contributed by atoms with Gasteiger partial charge in [-0.3, -0.25) is 0 Å². The Labute approximate surface area is 170 Å². The lowest BCUT2D eigenvalue weighted by Crippen LogP contribution is -2.17. The van der Waals surface area contributed by atoms with E-state index < -0.39 is 5.60 Å². The highest BCUT2D eigenvalue weighted by Gasteiger charge is 2.25. The molecule has 0 aromatic heterocycles. The first-order valence-electron chi connectivity index (χ1n) is 10.5. The lowest BCUT2D eigenvalue weighted by Gasteiger charge is -2.25. The minimum absolute atomic E-state index is 0.0544. The number of rotatable bonds is 8. The number of phenolic OH excluding ortho intramolecular Hbond substituents is 2. The fourth-order valence-corrected chi connectivity index (χ4v) is 3.87. The predicted molar refractivity (Wildman–Crippen MR) is 117 cm³/mol. The van der Waals surface area contributed by atoms with Crippen molar-refractivity contribution < 1.29 is 15.3 Å². The summed E-state index contributed by atoms with van der Waals surface area (Å²) < 4.78 is 0. The van der Waals surface area contributed by atoms with Crippen molar-refractivity contribution in [1.29, 1.82) is 0 Å². The minimum Gasteiger partial charge on any atom is -0.507 e. The topological polar surface area (TPSA) is 60.7 Å². The Morgan fingerprint density at radius 2 is 1.57 bits per heavy atom. The Bertz CT molecular complexity index is 779. The monoisotopic (exact) mass is 384 g/mol. The molecule has 0 amide bonds. The average molecular weight is 385 g/mol. The molecule has 2 rings (SSSR count). The maximum Gasteiger partial charge on any atom is 0.127 e. The summed E-state index contributed by atoms with van der Waals surface area (Å²) in [5, 5.41) is 32.2. The van der Waals surface area contributed by atoms with E-state index in [-0.39, 0.29) is 17.4 Å². The molecule has 0 heterocycles. The largest absolute Gasteiger partial charge is 0.507 e. The van der Waals surface area contributed by atoms with Crippen LogP contribution in [-0.2, 0) is 5.60 Å². The van der Waals surface area contributed by atoms with Gasteiger partial charge in [0.2, 0.25) is 0 Å². The number of benzene rings is 2. The van der Waals surface area contributed by atoms with Gasteiger partial charge in [0.25, 0.3) is 0 Å². The average Bonchev–Trinajstić information content (AvgIpc) is 2.59. The highest BCUT2D eigenvalue weighted by molar-refractivity contribution is 5.80. The molecule has 0 fully saturated rings. The van der Waals surface area contributed by atoms with Gasteiger partial charge in [-0.15, -0.1) is 0 Å². The van der Waals surface area contributed by atoms with Crippen LogP contribution < -0.4 is 0 Å². The highest BCUT2D eigenvalue weighted by Crippen LogP contribution is 2.44. The first-order valence-corrected chi connectivity index (χ1v) is 10.5. The molecule has 0 aliphatic heterocycles. The fourth-order valence-electron chi connectivity index (χ4n) is 3.87. The van der Waals surface area contributed by atoms with Crippen LogP contribution in [0.1, 0.15) is 82.9 Å². The van der Waals surface area contributed by atoms with Crippen LogP contribution in [0.3, 0.4) is 0 Å². The maximum atomic E-state index is 10.8. The second kappa shape index (κ2) is 9.00. The van der Waals surface area contributed by atoms with Crippen LogP contribution in [0, 0.1) is 12.8 Å². The highest BCUT2D eigenvalue weighted by atomic mass is 16.3. The summed E-state index contributed by atoms with van der Waals surface area (Å²) in [7, 11) is 0. The normalized spacial score (nSPS) is 14.1. The molecule has 0 aliphatic rings. The van der Waals surface area contributed by atoms with E-state index in [2.05, 4.69) is 20.8 Å². The molecule has 154 valence electrons. The van der Waals surface area contributed by atoms with E-state index in [1.54, 1.807) is 26.0 Å². The van der Waals surface area contributed by atoms with Gasteiger partial charge in [-0.1, -0.05) is 70.2 Å². The van der Waals surface area contributed by atoms with Gasteiger partial charge in [-0.2, -0.15) is 0 Å². The van der Waals surface area contributed by atoms with Crippen molar-refractivity contribution in [2.75, 3.05) is 0 Å². The van der Waals surface area contributed by atoms with Gasteiger partial charge in [0.15, 0.2) is 0 Å². The molecule has 3 nitrogen and oxygen atoms in total. The van der Waals surface area contributed by atoms with Gasteiger partial charge in [-0.25, -0.2) is 0 Å². The van der Waals surface area contributed by atoms with Crippen molar-refractivity contribution in [2.24, 2.45) is 5.92 Å². The number of hydrogen-bond donors (Lipinski definition) is 3. The SMILES string of the molecule is CCCCCC(C)C(C)c1cc(O)c(-c2cc(C)ccc2C(C)(C)O)c(O)c1. The van der Waals surface area contributed by atoms with E-state index in [9.17, 15) is 15.3 Å². The number of aliphatic hydroxyl groups is 1. The van der Waals surface area contributed by atoms with Crippen molar-refractivity contribution in [2.45, 2.75) is 78.7 Å². The van der Waals surface area contributed by atoms with Gasteiger partial charge >= 0.3 is 0 Å². The third kappa shape index (κ3) is 5.08. The number of phenols is 2. The van der Waals surface area contributed by atoms with E-state index in [0.29, 0.717) is 22.6 Å². The van der Waals surface area contributed by atoms with E-state index in [1.165, 1.54) is 19.3 Å². The van der Waals surface area contributed by atoms with Crippen LogP contribution in [0.15, 0.2) is 30.3 Å². The van der Waals surface area contributed by atoms with Crippen molar-refractivity contribution in [1.82, 2.24) is 0 Å². The van der Waals surface area contributed by atoms with E-state index in [1.807, 2.05) is 25.1 Å². The zero-order valence-corrected chi connectivity index (χ0v) is 18.2. The Morgan fingerprint density at radius 3 is 2.11 bits per heavy atom. The number of aryl methyl sites for hydroxylation is 1. The molecular weight excluding hydrogens is 348 g/mol. The minimum atomic E-state index is -1.08. The van der Waals surface area contributed by atoms with Gasteiger partial charge in [0.1, 0.15) is 11.5 Å². The van der Waals surface area contributed by atoms with Crippen molar-refractivity contribution in [3.8, 4) is 22.6 Å². The second-order valence-electron chi connectivity index (χ2n) is 8.80. The van der Waals surface area contributed by atoms with Crippen LogP contribution in [0.4, 0.5) is 0 Å². The standard InChI is InChI=1S/C25H36O3/c1-7-8-9-10-17(3)18(4)19-14-22(26)24(23(27)15-19)20-13-16(2)11-12-21(20)25(5,6)28/h11-15,17-18,26-28H,7-10H2,1-6H3. The second-order valence-corrected chi connectivity index (χ2v) is 8.80. The maximum absolute atomic E-state index is 10.8. The molecular formula is C25H36O3. The van der Waals surface area contributed by atoms with Gasteiger partial charge in [0.05, 0.1) is 11.2 Å². The molecule has 3 N–H and O–H groups in total. The predicted octanol–water partition coefficient (Wildman–Crippen LogP) is 6.62. The summed E-state index contributed by atoms with van der Waals surface area (Å²) in [5.41, 5.74) is 2.59. The molecule has 0 radical (unpaired) electrons. The summed E-state index contributed by atoms with van der Waals surface area (Å²) >= 11 is 0. The van der Waals surface area contributed by atoms with Crippen LogP contribution >= 0.6 is 0 Å². The van der Waals surface area contributed by atoms with Gasteiger partial charge < -0.3 is 15.3 Å². The summed E-state index contributed by atoms with van der Waals surface area (Å²) in [6.07, 6.45) is 4.78. The third-order valence-corrected chi connectivity index (χ3v) is 5.86. The van der Waals surface area contributed by atoms with Crippen LogP contribution in [-0.4, -0.2) is 15.3 Å². The molecule has 2 aromatic rings. The van der Waals surface area contributed by atoms with Crippen LogP contribution in [0.25, 0.3) is 11.1 Å². The lowest BCUT2D eigenvalue weighted by molar-refractivity contribution is 0.0792. The Morgan fingerprint density at radius 1 is 0.964 bits per heavy atom. The van der Waals surface area contributed by atoms with Gasteiger partial charge in [-0.05, 0) is 61.4 Å². The molecule has 0 aliphatic carbocycles. The zero-order valence-electron chi connectivity index (χ0n) is 18.2. The Kier molecular flexibility index (Phi) is 7.16. The van der Waals surface area contributed by atoms with Crippen molar-refractivity contribution in [3.05, 3.63) is 47.0 Å². The molecule has 0 spiro atoms. The number of hydrogen-bond acceptors (Lipinski definition) is 3. The van der Waals surface area contributed by atoms with Crippen molar-refractivity contribution in [3.63, 3.8) is 0 Å². The molecule has 3 heteroatoms. The lowest BCUT2D eigenvalue weighted by atomic mass is 9.83. The quantitative estimate of drug-likeness (QED) is 0.448. The van der Waals surface area contributed by atoms with E-state index in [4.69, 9.17) is 0 Å². The molecule has 2 aromatic carbocycles. The number of aromatic hydroxyl groups is 2. The number of unbranched alkanes of at least 4 members (excludes halogenated alkanes) is 2. The van der Waals surface area contributed by atoms with E-state index >= 15 is 0 Å². The fraction of sp³-hybridized carbons (Fsp3) is 0.520. The van der Waals surface area contributed by atoms with Crippen molar-refractivity contribution >= 4 is 0 Å². The molecule has 28 heavy (non-hydrogen) atoms. The summed E-state index contributed by atoms with van der Waals surface area (Å²) in [4.78, 5) is 0. The zero-order chi connectivity index (χ0) is 21.1. The first kappa shape index (κ1) is 22.3. The molecule has 2 atom stereocenters. The van der Waals surface area contributed by atoms with Crippen LogP contribution in [0.2, 0.25) is 0 Å². The third-order valence-electron chi connectivity index (χ3n) is 5.86. The smallest absolute Gasteiger partial charge is 0.127 e. The first-order chi connectivity index (χ1) is 13.1. The summed E-state index contributed by atoms with van der Waals surface area (Å²) in [5.74, 6) is 0.827. The molecule has 0 saturated carbocycles. The van der Waals surface area contributed by atoms with Gasteiger partial charge in [0, 0.05) is 0 Å². The Hall–Kier alpha value is -2.00. The summed E-state index contributed by atoms with van der Waals surface area (Å²) in [6.45, 7) is 12.0. The molecule has 0 saturated heterocycles. The summed E-state index contributed by atoms with van der Waals surface area (Å²) in [6, 6.07) is 9.23. The van der Waals surface area contributed by atoms with Crippen LogP contribution in [0.5, 0.6) is 11.5 Å². The van der Waals surface area contributed by atoms with E-state index in [0.717, 1.165) is 17.5 Å². The molecule has 2 unspecified atom stereocenters. The Balaban J connectivity index is 2.44.